The maximum Gasteiger partial charge on any atom is 0.260 e. The Morgan fingerprint density at radius 1 is 1.30 bits per heavy atom. The molecule has 2 heterocycles. The predicted octanol–water partition coefficient (Wildman–Crippen LogP) is 5.18. The molecule has 30 heavy (non-hydrogen) atoms. The highest BCUT2D eigenvalue weighted by atomic mass is 35.5. The maximum atomic E-state index is 13.5. The molecule has 1 saturated heterocycles. The Morgan fingerprint density at radius 3 is 2.77 bits per heavy atom. The van der Waals surface area contributed by atoms with Crippen molar-refractivity contribution in [1.82, 2.24) is 4.98 Å². The number of halogens is 1. The fraction of sp³-hybridized carbons (Fsp3) is 0.364. The van der Waals surface area contributed by atoms with Gasteiger partial charge in [0.15, 0.2) is 5.13 Å². The lowest BCUT2D eigenvalue weighted by Crippen LogP contribution is -2.37. The molecule has 0 spiro atoms. The number of fused-ring (bicyclic) bond motifs is 1. The molecular weight excluding hydrogens is 424 g/mol. The SMILES string of the molecule is CCOc1ccc(C(=O)N(CC2CCCO2)c2nc3c(OC)ccc(Cl)c3s2)cc1. The Balaban J connectivity index is 1.71. The van der Waals surface area contributed by atoms with E-state index in [1.54, 1.807) is 48.4 Å². The lowest BCUT2D eigenvalue weighted by molar-refractivity contribution is 0.0917. The number of amides is 1. The third-order valence-corrected chi connectivity index (χ3v) is 6.50. The average Bonchev–Trinajstić information content (AvgIpc) is 3.43. The van der Waals surface area contributed by atoms with Crippen LogP contribution in [0.4, 0.5) is 5.13 Å². The zero-order chi connectivity index (χ0) is 21.1. The van der Waals surface area contributed by atoms with Crippen LogP contribution >= 0.6 is 22.9 Å². The van der Waals surface area contributed by atoms with Crippen LogP contribution in [-0.4, -0.2) is 43.9 Å². The van der Waals surface area contributed by atoms with Gasteiger partial charge in [-0.3, -0.25) is 9.69 Å². The zero-order valence-corrected chi connectivity index (χ0v) is 18.5. The second-order valence-electron chi connectivity index (χ2n) is 6.93. The van der Waals surface area contributed by atoms with Gasteiger partial charge in [-0.2, -0.15) is 0 Å². The molecular formula is C22H23ClN2O4S. The molecule has 1 aliphatic rings. The first-order valence-corrected chi connectivity index (χ1v) is 11.1. The molecule has 2 aromatic carbocycles. The Morgan fingerprint density at radius 2 is 2.10 bits per heavy atom. The van der Waals surface area contributed by atoms with Gasteiger partial charge in [0.05, 0.1) is 36.1 Å². The summed E-state index contributed by atoms with van der Waals surface area (Å²) in [6.45, 7) is 3.66. The quantitative estimate of drug-likeness (QED) is 0.500. The summed E-state index contributed by atoms with van der Waals surface area (Å²) in [5, 5.41) is 1.16. The van der Waals surface area contributed by atoms with E-state index in [0.717, 1.165) is 29.9 Å². The first-order valence-electron chi connectivity index (χ1n) is 9.90. The second-order valence-corrected chi connectivity index (χ2v) is 8.32. The van der Waals surface area contributed by atoms with Crippen LogP contribution in [0.2, 0.25) is 5.02 Å². The fourth-order valence-corrected chi connectivity index (χ4v) is 4.74. The van der Waals surface area contributed by atoms with Crippen molar-refractivity contribution in [2.45, 2.75) is 25.9 Å². The van der Waals surface area contributed by atoms with Crippen molar-refractivity contribution in [1.29, 1.82) is 0 Å². The number of carbonyl (C=O) groups excluding carboxylic acids is 1. The van der Waals surface area contributed by atoms with Crippen LogP contribution in [0.5, 0.6) is 11.5 Å². The summed E-state index contributed by atoms with van der Waals surface area (Å²) in [7, 11) is 1.59. The molecule has 8 heteroatoms. The summed E-state index contributed by atoms with van der Waals surface area (Å²) in [6.07, 6.45) is 1.90. The highest BCUT2D eigenvalue weighted by Gasteiger charge is 2.28. The topological polar surface area (TPSA) is 60.9 Å². The molecule has 1 aromatic heterocycles. The number of ether oxygens (including phenoxy) is 3. The molecule has 0 saturated carbocycles. The Labute approximate surface area is 184 Å². The predicted molar refractivity (Wildman–Crippen MR) is 119 cm³/mol. The lowest BCUT2D eigenvalue weighted by Gasteiger charge is -2.23. The summed E-state index contributed by atoms with van der Waals surface area (Å²) in [5.74, 6) is 1.22. The lowest BCUT2D eigenvalue weighted by atomic mass is 10.1. The minimum atomic E-state index is -0.136. The van der Waals surface area contributed by atoms with Gasteiger partial charge in [-0.05, 0) is 56.2 Å². The van der Waals surface area contributed by atoms with Crippen molar-refractivity contribution in [3.63, 3.8) is 0 Å². The molecule has 158 valence electrons. The Bertz CT molecular complexity index is 1030. The third kappa shape index (κ3) is 4.24. The molecule has 0 aliphatic carbocycles. The van der Waals surface area contributed by atoms with E-state index < -0.39 is 0 Å². The summed E-state index contributed by atoms with van der Waals surface area (Å²) in [4.78, 5) is 19.9. The molecule has 1 atom stereocenters. The van der Waals surface area contributed by atoms with Crippen molar-refractivity contribution in [3.8, 4) is 11.5 Å². The highest BCUT2D eigenvalue weighted by Crippen LogP contribution is 2.39. The molecule has 0 bridgehead atoms. The average molecular weight is 447 g/mol. The van der Waals surface area contributed by atoms with E-state index in [0.29, 0.717) is 40.1 Å². The largest absolute Gasteiger partial charge is 0.494 e. The van der Waals surface area contributed by atoms with Crippen molar-refractivity contribution in [3.05, 3.63) is 47.0 Å². The van der Waals surface area contributed by atoms with E-state index in [4.69, 9.17) is 30.8 Å². The fourth-order valence-electron chi connectivity index (χ4n) is 3.48. The van der Waals surface area contributed by atoms with Gasteiger partial charge in [-0.15, -0.1) is 0 Å². The molecule has 1 aliphatic heterocycles. The van der Waals surface area contributed by atoms with Crippen LogP contribution < -0.4 is 14.4 Å². The number of methoxy groups -OCH3 is 1. The van der Waals surface area contributed by atoms with Gasteiger partial charge in [-0.1, -0.05) is 22.9 Å². The van der Waals surface area contributed by atoms with Gasteiger partial charge >= 0.3 is 0 Å². The first-order chi connectivity index (χ1) is 14.6. The van der Waals surface area contributed by atoms with Gasteiger partial charge < -0.3 is 14.2 Å². The van der Waals surface area contributed by atoms with Crippen molar-refractivity contribution in [2.24, 2.45) is 0 Å². The van der Waals surface area contributed by atoms with E-state index in [2.05, 4.69) is 0 Å². The number of hydrogen-bond donors (Lipinski definition) is 0. The van der Waals surface area contributed by atoms with Gasteiger partial charge in [-0.25, -0.2) is 4.98 Å². The van der Waals surface area contributed by atoms with Crippen molar-refractivity contribution in [2.75, 3.05) is 31.8 Å². The monoisotopic (exact) mass is 446 g/mol. The molecule has 1 amide bonds. The summed E-state index contributed by atoms with van der Waals surface area (Å²) < 4.78 is 17.5. The van der Waals surface area contributed by atoms with Crippen LogP contribution in [-0.2, 0) is 4.74 Å². The van der Waals surface area contributed by atoms with Crippen molar-refractivity contribution >= 4 is 44.2 Å². The summed E-state index contributed by atoms with van der Waals surface area (Å²) >= 11 is 7.77. The zero-order valence-electron chi connectivity index (χ0n) is 16.9. The van der Waals surface area contributed by atoms with E-state index in [1.807, 2.05) is 6.92 Å². The highest BCUT2D eigenvalue weighted by molar-refractivity contribution is 7.23. The molecule has 0 radical (unpaired) electrons. The third-order valence-electron chi connectivity index (χ3n) is 4.97. The molecule has 3 aromatic rings. The van der Waals surface area contributed by atoms with Crippen LogP contribution in [0.1, 0.15) is 30.1 Å². The second kappa shape index (κ2) is 9.20. The number of nitrogens with zero attached hydrogens (tertiary/aromatic N) is 2. The van der Waals surface area contributed by atoms with Crippen LogP contribution in [0, 0.1) is 0 Å². The van der Waals surface area contributed by atoms with E-state index >= 15 is 0 Å². The summed E-state index contributed by atoms with van der Waals surface area (Å²) in [5.41, 5.74) is 1.22. The van der Waals surface area contributed by atoms with Gasteiger partial charge in [0.2, 0.25) is 0 Å². The van der Waals surface area contributed by atoms with Crippen LogP contribution in [0.15, 0.2) is 36.4 Å². The molecule has 1 fully saturated rings. The molecule has 1 unspecified atom stereocenters. The molecule has 6 nitrogen and oxygen atoms in total. The number of carbonyl (C=O) groups is 1. The van der Waals surface area contributed by atoms with E-state index in [-0.39, 0.29) is 12.0 Å². The van der Waals surface area contributed by atoms with Crippen LogP contribution in [0.25, 0.3) is 10.2 Å². The molecule has 4 rings (SSSR count). The standard InChI is InChI=1S/C22H23ClN2O4S/c1-3-28-15-8-6-14(7-9-15)21(26)25(13-16-5-4-12-29-16)22-24-19-18(27-2)11-10-17(23)20(19)30-22/h6-11,16H,3-5,12-13H2,1-2H3. The molecule has 0 N–H and O–H groups in total. The Kier molecular flexibility index (Phi) is 6.41. The van der Waals surface area contributed by atoms with Crippen LogP contribution in [0.3, 0.4) is 0 Å². The number of rotatable bonds is 7. The minimum absolute atomic E-state index is 0.0129. The van der Waals surface area contributed by atoms with Gasteiger partial charge in [0.1, 0.15) is 17.0 Å². The number of hydrogen-bond acceptors (Lipinski definition) is 6. The minimum Gasteiger partial charge on any atom is -0.494 e. The number of aromatic nitrogens is 1. The maximum absolute atomic E-state index is 13.5. The van der Waals surface area contributed by atoms with E-state index in [9.17, 15) is 4.79 Å². The smallest absolute Gasteiger partial charge is 0.260 e. The first kappa shape index (κ1) is 20.9. The summed E-state index contributed by atoms with van der Waals surface area (Å²) in [6, 6.07) is 10.7. The number of thiazole rings is 1. The van der Waals surface area contributed by atoms with E-state index in [1.165, 1.54) is 11.3 Å². The normalized spacial score (nSPS) is 16.0. The number of anilines is 1. The number of benzene rings is 2. The Hall–Kier alpha value is -2.35. The van der Waals surface area contributed by atoms with Gasteiger partial charge in [0, 0.05) is 12.2 Å². The van der Waals surface area contributed by atoms with Crippen molar-refractivity contribution < 1.29 is 19.0 Å². The van der Waals surface area contributed by atoms with Gasteiger partial charge in [0.25, 0.3) is 5.91 Å².